The van der Waals surface area contributed by atoms with Crippen molar-refractivity contribution in [3.8, 4) is 0 Å². The summed E-state index contributed by atoms with van der Waals surface area (Å²) in [6.07, 6.45) is -8.39. The van der Waals surface area contributed by atoms with E-state index in [1.165, 1.54) is 10.9 Å². The van der Waals surface area contributed by atoms with E-state index < -0.39 is 120 Å². The normalized spacial score (nSPS) is 21.3. The van der Waals surface area contributed by atoms with Crippen molar-refractivity contribution in [2.45, 2.75) is 62.5 Å². The van der Waals surface area contributed by atoms with Crippen molar-refractivity contribution in [3.05, 3.63) is 12.7 Å². The summed E-state index contributed by atoms with van der Waals surface area (Å²) in [4.78, 5) is 117. The maximum Gasteiger partial charge on any atom is 0.490 e. The van der Waals surface area contributed by atoms with E-state index in [2.05, 4.69) is 32.6 Å². The first-order valence-corrected chi connectivity index (χ1v) is 24.1. The van der Waals surface area contributed by atoms with Gasteiger partial charge in [0, 0.05) is 6.42 Å². The Hall–Kier alpha value is -1.81. The third-order valence-corrected chi connectivity index (χ3v) is 14.3. The molecule has 3 unspecified atom stereocenters. The molecule has 0 bridgehead atoms. The number of imidazole rings is 1. The Morgan fingerprint density at radius 3 is 1.68 bits per heavy atom. The molecule has 0 saturated carbocycles. The largest absolute Gasteiger partial charge is 0.490 e. The van der Waals surface area contributed by atoms with E-state index in [1.54, 1.807) is 0 Å². The number of ether oxygens (including phenoxy) is 1. The smallest absolute Gasteiger partial charge is 0.387 e. The Labute approximate surface area is 333 Å². The number of phosphoric acid groups is 4. The summed E-state index contributed by atoms with van der Waals surface area (Å²) < 4.78 is 86.5. The van der Waals surface area contributed by atoms with Crippen LogP contribution < -0.4 is 11.5 Å². The number of rotatable bonds is 16. The molecule has 350 valence electrons. The fraction of sp³-hybridized carbons (Fsp3) is 0.632. The molecule has 20 N–H and O–H groups in total. The van der Waals surface area contributed by atoms with Crippen LogP contribution in [0, 0.1) is 0 Å². The molecule has 2 aromatic heterocycles. The first-order chi connectivity index (χ1) is 26.7. The number of aliphatic hydroxyl groups excluding tert-OH is 4. The lowest BCUT2D eigenvalue weighted by Crippen LogP contribution is -2.33. The minimum Gasteiger partial charge on any atom is -0.387 e. The number of nitrogen functional groups attached to an aromatic ring is 1. The summed E-state index contributed by atoms with van der Waals surface area (Å²) in [5, 5.41) is 50.2. The molecule has 0 spiro atoms. The lowest BCUT2D eigenvalue weighted by atomic mass is 10.1. The quantitative estimate of drug-likeness (QED) is 0.0551. The molecule has 1 aliphatic rings. The molecule has 60 heavy (non-hydrogen) atoms. The number of aromatic nitrogens is 4. The van der Waals surface area contributed by atoms with Gasteiger partial charge in [0.05, 0.1) is 12.9 Å². The van der Waals surface area contributed by atoms with E-state index in [-0.39, 0.29) is 17.0 Å². The first kappa shape index (κ1) is 58.2. The molecule has 1 aliphatic heterocycles. The van der Waals surface area contributed by atoms with Crippen LogP contribution in [0.5, 0.6) is 0 Å². The summed E-state index contributed by atoms with van der Waals surface area (Å²) in [7, 11) is -32.1. The van der Waals surface area contributed by atoms with Gasteiger partial charge in [0.25, 0.3) is 5.08 Å². The van der Waals surface area contributed by atoms with Crippen LogP contribution in [-0.2, 0) is 59.4 Å². The number of nitrogens with zero attached hydrogens (tertiary/aromatic N) is 4. The summed E-state index contributed by atoms with van der Waals surface area (Å²) in [5.74, 6) is -1.45. The molecular weight excluding hydrogens is 962 g/mol. The van der Waals surface area contributed by atoms with E-state index in [4.69, 9.17) is 80.7 Å². The van der Waals surface area contributed by atoms with Gasteiger partial charge in [-0.15, -0.1) is 0 Å². The Kier molecular flexibility index (Phi) is 22.0. The fourth-order valence-electron chi connectivity index (χ4n) is 3.48. The van der Waals surface area contributed by atoms with Gasteiger partial charge in [-0.1, -0.05) is 0 Å². The zero-order valence-corrected chi connectivity index (χ0v) is 35.2. The molecule has 41 heteroatoms. The average Bonchev–Trinajstić information content (AvgIpc) is 3.58. The van der Waals surface area contributed by atoms with Gasteiger partial charge in [0.1, 0.15) is 30.2 Å². The second kappa shape index (κ2) is 22.7. The van der Waals surface area contributed by atoms with Gasteiger partial charge in [0.15, 0.2) is 29.3 Å². The maximum absolute atomic E-state index is 11.8. The van der Waals surface area contributed by atoms with Gasteiger partial charge in [-0.3, -0.25) is 27.8 Å². The van der Waals surface area contributed by atoms with Crippen LogP contribution in [0.4, 0.5) is 5.82 Å². The molecule has 1 saturated heterocycles. The van der Waals surface area contributed by atoms with Crippen molar-refractivity contribution in [3.63, 3.8) is 0 Å². The van der Waals surface area contributed by atoms with E-state index >= 15 is 0 Å². The molecule has 2 aromatic rings. The number of fused-ring (bicyclic) bond motifs is 1. The minimum atomic E-state index is -5.70. The van der Waals surface area contributed by atoms with Crippen LogP contribution in [0.1, 0.15) is 26.5 Å². The van der Waals surface area contributed by atoms with Gasteiger partial charge in [-0.25, -0.2) is 37.7 Å². The number of nitrogens with two attached hydrogens (primary N) is 2. The van der Waals surface area contributed by atoms with Gasteiger partial charge in [-0.05, 0) is 20.4 Å². The van der Waals surface area contributed by atoms with Crippen molar-refractivity contribution >= 4 is 75.0 Å². The van der Waals surface area contributed by atoms with E-state index in [0.29, 0.717) is 0 Å². The number of Topliss-reactive ketones (excluding diaryl/α,β-unsaturated/α-hetero) is 2. The number of carbonyl (C=O) groups is 2. The molecule has 3 heterocycles. The number of hydrogen-bond donors (Lipinski definition) is 18. The highest BCUT2D eigenvalue weighted by Gasteiger charge is 2.58. The van der Waals surface area contributed by atoms with Crippen LogP contribution in [-0.4, -0.2) is 160 Å². The topological polar surface area (TPSA) is 602 Å². The highest BCUT2D eigenvalue weighted by molar-refractivity contribution is 7.72. The number of hydrogen-bond acceptors (Lipinski definition) is 24. The highest BCUT2D eigenvalue weighted by atomic mass is 31.3. The third-order valence-electron chi connectivity index (χ3n) is 6.18. The summed E-state index contributed by atoms with van der Waals surface area (Å²) in [6, 6.07) is 0. The lowest BCUT2D eigenvalue weighted by Gasteiger charge is -2.28. The summed E-state index contributed by atoms with van der Waals surface area (Å²) >= 11 is 0. The lowest BCUT2D eigenvalue weighted by molar-refractivity contribution is -0.142. The molecule has 0 aromatic carbocycles. The summed E-state index contributed by atoms with van der Waals surface area (Å²) in [6.45, 7) is 0.639. The van der Waals surface area contributed by atoms with Gasteiger partial charge in [-0.2, -0.15) is 8.62 Å². The van der Waals surface area contributed by atoms with Crippen molar-refractivity contribution in [1.82, 2.24) is 19.5 Å². The predicted molar refractivity (Wildman–Crippen MR) is 187 cm³/mol. The van der Waals surface area contributed by atoms with Gasteiger partial charge < -0.3 is 95.8 Å². The third kappa shape index (κ3) is 19.3. The maximum atomic E-state index is 11.8. The standard InChI is InChI=1S/C10H16N5O13P3.C3H11NO7P2.C3H7O6P.C3H6O3/c11-8-5-9(13-2-12-8)15(3-14-5)10-7(17)6(16)4(26-10)1-25-30(21,22)28-31(23,24)27-29(18,19)20;4-2-1-3(5,12(6,7)8)13(9,10)11;1-2(4)3(5)9-10(6,7)8;1-2(4)3(5)6/h2-4,6-7,10,16-17H,1H2,(H,21,22)(H,23,24)(H2,11,12,13)(H2,18,19,20);5H,1-2,4H2,(H2,6,7,8)(H2,9,10,11);3,5H,1H3,(H2,6,7,8);3,5-6H,1H3/t4-,6-,7-,10-;;;/m1.../s1. The number of phosphoric ester groups is 2. The molecule has 35 nitrogen and oxygen atoms in total. The van der Waals surface area contributed by atoms with E-state index in [0.717, 1.165) is 20.2 Å². The number of carbonyl (C=O) groups excluding carboxylic acids is 2. The highest BCUT2D eigenvalue weighted by Crippen LogP contribution is 2.69. The first-order valence-electron chi connectivity index (χ1n) is 14.8. The van der Waals surface area contributed by atoms with Crippen LogP contribution in [0.25, 0.3) is 11.2 Å². The Morgan fingerprint density at radius 1 is 0.817 bits per heavy atom. The van der Waals surface area contributed by atoms with Crippen LogP contribution >= 0.6 is 46.5 Å². The van der Waals surface area contributed by atoms with Crippen molar-refractivity contribution in [1.29, 1.82) is 0 Å². The molecule has 3 rings (SSSR count). The van der Waals surface area contributed by atoms with Gasteiger partial charge in [0.2, 0.25) is 12.6 Å². The van der Waals surface area contributed by atoms with Crippen LogP contribution in [0.2, 0.25) is 0 Å². The Morgan fingerprint density at radius 2 is 1.32 bits per heavy atom. The molecule has 0 aliphatic carbocycles. The van der Waals surface area contributed by atoms with Crippen molar-refractivity contribution in [2.75, 3.05) is 18.9 Å². The SMILES string of the molecule is CC(=O)C(O)O.CC(=O)C(O)OP(=O)(O)O.NCCC(O)(P(=O)(O)O)P(=O)(O)O.Nc1ncnc2c1ncn2[C@@H]1O[C@H](COP(=O)(O)OP(=O)(O)OP(=O)(O)O)[C@@H](O)[C@H]1O. The zero-order valence-electron chi connectivity index (χ0n) is 29.8. The van der Waals surface area contributed by atoms with E-state index in [1.807, 2.05) is 0 Å². The average molecular weight is 1000 g/mol. The Bertz CT molecular complexity index is 2020. The molecule has 0 radical (unpaired) electrons. The fourth-order valence-corrected chi connectivity index (χ4v) is 9.12. The molecular formula is C19H40N6O29P6. The van der Waals surface area contributed by atoms with Gasteiger partial charge >= 0.3 is 46.5 Å². The van der Waals surface area contributed by atoms with Crippen LogP contribution in [0.15, 0.2) is 12.7 Å². The second-order valence-corrected chi connectivity index (χ2v) is 20.6. The monoisotopic (exact) mass is 1000 g/mol. The zero-order chi connectivity index (χ0) is 47.6. The predicted octanol–water partition coefficient (Wildman–Crippen LogP) is -5.40. The minimum absolute atomic E-state index is 0.0426. The Balaban J connectivity index is 0.000000983. The van der Waals surface area contributed by atoms with E-state index in [9.17, 15) is 52.1 Å². The molecule has 1 fully saturated rings. The number of ketones is 2. The molecule has 0 amide bonds. The number of anilines is 1. The number of aliphatic hydroxyl groups is 6. The summed E-state index contributed by atoms with van der Waals surface area (Å²) in [5.41, 5.74) is 10.9. The van der Waals surface area contributed by atoms with Crippen LogP contribution in [0.3, 0.4) is 0 Å². The molecule has 7 atom stereocenters. The second-order valence-electron chi connectivity index (χ2n) is 11.0. The van der Waals surface area contributed by atoms with Crippen molar-refractivity contribution in [2.24, 2.45) is 5.73 Å². The van der Waals surface area contributed by atoms with Crippen molar-refractivity contribution < 1.29 is 139 Å².